The SMILES string of the molecule is C=CCOc1c(C)cc(OC)cc1C.C=C[CH2-].CC.CC.CC.CC.CCC=CCC=CCOc1c(C)cc(OC)cc1C.COc1cc(C)c(OCC=CCC=CCO)c(C)c1.COc1cc(C)c(OCC=CCC=CCO)c(C)c1.O.[CH2-]C(C)=O.[CH2-]C(C)=O.[CH3-].[W+2].[W].[W]. The molecule has 4 N–H and O–H groups in total. The number of hydrogen-bond donors (Lipinski definition) is 2. The number of ether oxygens (including phenoxy) is 8. The summed E-state index contributed by atoms with van der Waals surface area (Å²) in [5.41, 5.74) is 8.69. The van der Waals surface area contributed by atoms with Gasteiger partial charge in [-0.25, -0.2) is 19.6 Å². The van der Waals surface area contributed by atoms with Gasteiger partial charge in [-0.2, -0.15) is 0 Å². The molecule has 95 heavy (non-hydrogen) atoms. The van der Waals surface area contributed by atoms with Crippen molar-refractivity contribution in [3.8, 4) is 46.0 Å². The Labute approximate surface area is 624 Å². The molecule has 0 heterocycles. The number of aryl methyl sites for hydroxylation is 8. The third-order valence-corrected chi connectivity index (χ3v) is 10.3. The number of carbonyl (C=O) groups is 2. The number of hydrogen-bond acceptors (Lipinski definition) is 12. The van der Waals surface area contributed by atoms with E-state index < -0.39 is 0 Å². The molecule has 0 atom stereocenters. The summed E-state index contributed by atoms with van der Waals surface area (Å²) in [7, 11) is 6.68. The molecule has 0 aliphatic carbocycles. The van der Waals surface area contributed by atoms with E-state index in [9.17, 15) is 9.59 Å². The largest absolute Gasteiger partial charge is 2.00 e. The fourth-order valence-electron chi connectivity index (χ4n) is 6.89. The molecule has 4 rings (SSSR count). The van der Waals surface area contributed by atoms with Crippen LogP contribution in [0.15, 0.2) is 147 Å². The summed E-state index contributed by atoms with van der Waals surface area (Å²) in [6.45, 7) is 55.6. The van der Waals surface area contributed by atoms with Crippen molar-refractivity contribution in [2.24, 2.45) is 0 Å². The minimum atomic E-state index is -0.0833. The van der Waals surface area contributed by atoms with Gasteiger partial charge in [-0.1, -0.05) is 148 Å². The van der Waals surface area contributed by atoms with Gasteiger partial charge in [0.05, 0.1) is 41.7 Å². The second-order valence-corrected chi connectivity index (χ2v) is 17.9. The first-order chi connectivity index (χ1) is 43.1. The van der Waals surface area contributed by atoms with Gasteiger partial charge >= 0.3 is 21.1 Å². The Balaban J connectivity index is -0.0000000874. The molecule has 0 saturated carbocycles. The quantitative estimate of drug-likeness (QED) is 0.0474. The number of allylic oxidation sites excluding steroid dienone is 8. The summed E-state index contributed by atoms with van der Waals surface area (Å²) < 4.78 is 43.7. The summed E-state index contributed by atoms with van der Waals surface area (Å²) >= 11 is 0. The number of Topliss-reactive ketones (excluding diaryl/α,β-unsaturated/α-hetero) is 2. The van der Waals surface area contributed by atoms with Crippen LogP contribution < -0.4 is 37.9 Å². The van der Waals surface area contributed by atoms with E-state index in [1.807, 2.05) is 196 Å². The molecule has 4 aromatic rings. The summed E-state index contributed by atoms with van der Waals surface area (Å²) in [6, 6.07) is 15.8. The van der Waals surface area contributed by atoms with Gasteiger partial charge in [0.25, 0.3) is 0 Å². The molecular formula is C79H128O13W3-2. The van der Waals surface area contributed by atoms with Crippen LogP contribution in [0.1, 0.15) is 146 Å². The molecule has 542 valence electrons. The van der Waals surface area contributed by atoms with Crippen LogP contribution in [0.2, 0.25) is 0 Å². The second kappa shape index (κ2) is 86.1. The molecule has 0 fully saturated rings. The molecule has 0 spiro atoms. The van der Waals surface area contributed by atoms with Gasteiger partial charge in [-0.15, -0.1) is 0 Å². The van der Waals surface area contributed by atoms with Gasteiger partial charge in [-0.3, -0.25) is 0 Å². The van der Waals surface area contributed by atoms with Crippen molar-refractivity contribution in [3.05, 3.63) is 219 Å². The zero-order chi connectivity index (χ0) is 70.7. The van der Waals surface area contributed by atoms with Crippen molar-refractivity contribution in [2.75, 3.05) is 68.1 Å². The van der Waals surface area contributed by atoms with Crippen LogP contribution in [-0.4, -0.2) is 95.3 Å². The van der Waals surface area contributed by atoms with E-state index in [1.54, 1.807) is 46.7 Å². The maximum absolute atomic E-state index is 9.33. The Morgan fingerprint density at radius 3 is 0.737 bits per heavy atom. The Kier molecular flexibility index (Phi) is 105. The predicted octanol–water partition coefficient (Wildman–Crippen LogP) is 19.4. The van der Waals surface area contributed by atoms with Crippen LogP contribution in [0.3, 0.4) is 0 Å². The van der Waals surface area contributed by atoms with E-state index in [0.29, 0.717) is 26.4 Å². The van der Waals surface area contributed by atoms with Crippen molar-refractivity contribution in [1.82, 2.24) is 0 Å². The van der Waals surface area contributed by atoms with Crippen molar-refractivity contribution in [3.63, 3.8) is 0 Å². The Bertz CT molecular complexity index is 2290. The summed E-state index contributed by atoms with van der Waals surface area (Å²) in [5, 5.41) is 17.2. The maximum atomic E-state index is 9.33. The number of aliphatic hydroxyl groups excluding tert-OH is 2. The molecule has 13 nitrogen and oxygen atoms in total. The summed E-state index contributed by atoms with van der Waals surface area (Å²) in [4.78, 5) is 18.7. The maximum Gasteiger partial charge on any atom is 2.00 e. The smallest absolute Gasteiger partial charge is 0.497 e. The fraction of sp³-hybridized carbons (Fsp3) is 0.418. The fourth-order valence-corrected chi connectivity index (χ4v) is 6.89. The molecule has 4 aromatic carbocycles. The van der Waals surface area contributed by atoms with Crippen LogP contribution in [-0.2, 0) is 72.8 Å². The number of methoxy groups -OCH3 is 4. The first-order valence-corrected chi connectivity index (χ1v) is 31.0. The van der Waals surface area contributed by atoms with E-state index in [0.717, 1.165) is 116 Å². The molecule has 0 aliphatic rings. The Hall–Kier alpha value is -5.91. The van der Waals surface area contributed by atoms with E-state index >= 15 is 0 Å². The van der Waals surface area contributed by atoms with Crippen LogP contribution in [0.25, 0.3) is 0 Å². The third kappa shape index (κ3) is 69.3. The van der Waals surface area contributed by atoms with Gasteiger partial charge in [0.15, 0.2) is 0 Å². The first-order valence-electron chi connectivity index (χ1n) is 31.0. The number of rotatable bonds is 25. The molecule has 0 saturated heterocycles. The predicted molar refractivity (Wildman–Crippen MR) is 398 cm³/mol. The van der Waals surface area contributed by atoms with Gasteiger partial charge in [0.2, 0.25) is 0 Å². The van der Waals surface area contributed by atoms with E-state index in [2.05, 4.69) is 65.2 Å². The van der Waals surface area contributed by atoms with E-state index in [4.69, 9.17) is 48.1 Å². The van der Waals surface area contributed by atoms with E-state index in [-0.39, 0.29) is 101 Å². The van der Waals surface area contributed by atoms with Crippen molar-refractivity contribution < 1.29 is 126 Å². The third-order valence-electron chi connectivity index (χ3n) is 10.3. The van der Waals surface area contributed by atoms with E-state index in [1.165, 1.54) is 19.9 Å². The molecule has 16 heteroatoms. The van der Waals surface area contributed by atoms with Gasteiger partial charge < -0.3 is 84.4 Å². The number of aliphatic hydroxyl groups is 2. The Morgan fingerprint density at radius 1 is 0.411 bits per heavy atom. The minimum absolute atomic E-state index is 0. The van der Waals surface area contributed by atoms with Crippen molar-refractivity contribution >= 4 is 11.6 Å². The molecular weight excluding hydrogens is 1710 g/mol. The molecule has 0 unspecified atom stereocenters. The summed E-state index contributed by atoms with van der Waals surface area (Å²) in [5.74, 6) is 6.99. The topological polar surface area (TPSA) is 180 Å². The molecule has 0 aliphatic heterocycles. The molecule has 0 radical (unpaired) electrons. The normalized spacial score (nSPS) is 9.15. The van der Waals surface area contributed by atoms with Gasteiger partial charge in [0, 0.05) is 42.1 Å². The second-order valence-electron chi connectivity index (χ2n) is 17.9. The molecule has 0 amide bonds. The average molecular weight is 1840 g/mol. The molecule has 0 aromatic heterocycles. The van der Waals surface area contributed by atoms with Gasteiger partial charge in [0.1, 0.15) is 72.4 Å². The summed E-state index contributed by atoms with van der Waals surface area (Å²) in [6.07, 6.45) is 30.7. The van der Waals surface area contributed by atoms with Crippen LogP contribution in [0, 0.1) is 83.6 Å². The average Bonchev–Trinajstić information content (AvgIpc) is 0.924. The van der Waals surface area contributed by atoms with Crippen LogP contribution >= 0.6 is 0 Å². The Morgan fingerprint density at radius 2 is 0.579 bits per heavy atom. The standard InChI is InChI=1S/C17H24O2.2C16H22O3.C12H16O2.2C3H5O.C3H5.4C2H6.CH3.H2O.3W/c1-5-6-7-8-9-10-11-19-17-14(2)12-16(18-4)13-15(17)3;2*1-13-11-15(18-3)12-14(2)16(13)19-10-8-6-4-5-7-9-17;1-5-6-14-12-9(2)7-11(13-4)8-10(12)3;2*1-3(2)4;1-3-2;4*1-2;;;;;/h6-7,9-10,12-13H,5,8,11H2,1-4H3;2*5-8,11-12,17H,4,9-10H2,1-3H3;5,7-8H,1,6H2,2-4H3;2*1H2,2H3;3H,1-2H2;4*1-2H3;1H3;1H2;;;/q;;;;3*-1;;;;;-1;;;;+2. The minimum Gasteiger partial charge on any atom is -0.497 e. The van der Waals surface area contributed by atoms with Crippen LogP contribution in [0.5, 0.6) is 46.0 Å². The number of carbonyl (C=O) groups excluding carboxylic acids is 2. The molecule has 0 bridgehead atoms. The van der Waals surface area contributed by atoms with Crippen molar-refractivity contribution in [2.45, 2.75) is 157 Å². The number of ketones is 2. The monoisotopic (exact) mass is 1840 g/mol. The van der Waals surface area contributed by atoms with Gasteiger partial charge in [-0.05, 0) is 200 Å². The zero-order valence-corrected chi connectivity index (χ0v) is 71.8. The first kappa shape index (κ1) is 116. The zero-order valence-electron chi connectivity index (χ0n) is 63.0. The van der Waals surface area contributed by atoms with Crippen molar-refractivity contribution in [1.29, 1.82) is 0 Å². The van der Waals surface area contributed by atoms with Crippen LogP contribution in [0.4, 0.5) is 0 Å². The number of benzene rings is 4.